The maximum atomic E-state index is 14.0. The molecule has 9 heteroatoms. The summed E-state index contributed by atoms with van der Waals surface area (Å²) in [5.41, 5.74) is 0.992. The molecule has 4 rings (SSSR count). The number of halogens is 1. The van der Waals surface area contributed by atoms with Crippen molar-refractivity contribution in [3.8, 4) is 29.1 Å². The Hall–Kier alpha value is -4.16. The highest BCUT2D eigenvalue weighted by Crippen LogP contribution is 2.32. The Morgan fingerprint density at radius 3 is 2.47 bits per heavy atom. The van der Waals surface area contributed by atoms with Crippen LogP contribution in [0.5, 0.6) is 23.0 Å². The van der Waals surface area contributed by atoms with Gasteiger partial charge in [0.05, 0.1) is 29.0 Å². The summed E-state index contributed by atoms with van der Waals surface area (Å²) in [7, 11) is 3.25. The minimum Gasteiger partial charge on any atom is -0.497 e. The molecule has 1 aromatic heterocycles. The number of carbonyl (C=O) groups excluding carboxylic acids is 1. The third kappa shape index (κ3) is 4.92. The van der Waals surface area contributed by atoms with Crippen molar-refractivity contribution in [3.05, 3.63) is 72.0 Å². The molecular weight excluding hydrogens is 457 g/mol. The number of carbonyl (C=O) groups is 1. The molecule has 1 atom stereocenters. The summed E-state index contributed by atoms with van der Waals surface area (Å²) in [4.78, 5) is 18.9. The molecule has 0 saturated carbocycles. The second kappa shape index (κ2) is 9.77. The second-order valence-electron chi connectivity index (χ2n) is 7.32. The van der Waals surface area contributed by atoms with E-state index < -0.39 is 11.9 Å². The van der Waals surface area contributed by atoms with Crippen molar-refractivity contribution in [2.24, 2.45) is 0 Å². The lowest BCUT2D eigenvalue weighted by Gasteiger charge is -2.20. The van der Waals surface area contributed by atoms with Crippen molar-refractivity contribution >= 4 is 32.6 Å². The molecule has 172 valence electrons. The van der Waals surface area contributed by atoms with Crippen LogP contribution in [0.15, 0.2) is 60.7 Å². The number of thiazole rings is 1. The number of likely N-dealkylation sites (N-methyl/N-ethyl adjacent to an activating group) is 1. The number of nitrogens with zero attached hydrogens (tertiary/aromatic N) is 3. The zero-order valence-electron chi connectivity index (χ0n) is 18.6. The minimum absolute atomic E-state index is 0.00583. The van der Waals surface area contributed by atoms with Crippen LogP contribution in [0, 0.1) is 17.1 Å². The second-order valence-corrected chi connectivity index (χ2v) is 8.33. The smallest absolute Gasteiger partial charge is 0.269 e. The lowest BCUT2D eigenvalue weighted by molar-refractivity contribution is -0.124. The van der Waals surface area contributed by atoms with Crippen LogP contribution in [-0.4, -0.2) is 31.2 Å². The van der Waals surface area contributed by atoms with Gasteiger partial charge in [-0.1, -0.05) is 11.3 Å². The normalized spacial score (nSPS) is 11.5. The number of hydrogen-bond donors (Lipinski definition) is 0. The number of rotatable bonds is 7. The predicted octanol–water partition coefficient (Wildman–Crippen LogP) is 5.54. The van der Waals surface area contributed by atoms with Crippen LogP contribution in [0.25, 0.3) is 10.2 Å². The summed E-state index contributed by atoms with van der Waals surface area (Å²) in [6.07, 6.45) is -0.769. The van der Waals surface area contributed by atoms with Gasteiger partial charge in [-0.3, -0.25) is 9.69 Å². The highest BCUT2D eigenvalue weighted by Gasteiger charge is 2.23. The monoisotopic (exact) mass is 477 g/mol. The molecule has 1 heterocycles. The molecule has 0 N–H and O–H groups in total. The standard InChI is InChI=1S/C25H20FN3O4S/c1-15(24(30)29(2)25-28-21-10-9-19(31-3)13-23(21)34-25)32-17-5-7-18(8-6-17)33-22-11-4-16(14-27)12-20(22)26/h4-13,15H,1-3H3/t15-/m1/s1. The topological polar surface area (TPSA) is 84.7 Å². The molecule has 0 aliphatic carbocycles. The molecule has 0 unspecified atom stereocenters. The number of nitriles is 1. The van der Waals surface area contributed by atoms with E-state index in [0.717, 1.165) is 22.0 Å². The molecule has 4 aromatic rings. The Labute approximate surface area is 199 Å². The number of amides is 1. The number of benzene rings is 3. The van der Waals surface area contributed by atoms with E-state index in [9.17, 15) is 9.18 Å². The van der Waals surface area contributed by atoms with Crippen molar-refractivity contribution in [1.82, 2.24) is 4.98 Å². The van der Waals surface area contributed by atoms with Crippen molar-refractivity contribution in [3.63, 3.8) is 0 Å². The first-order chi connectivity index (χ1) is 16.4. The van der Waals surface area contributed by atoms with Crippen LogP contribution >= 0.6 is 11.3 Å². The number of ether oxygens (including phenoxy) is 3. The van der Waals surface area contributed by atoms with Crippen LogP contribution in [0.4, 0.5) is 9.52 Å². The average Bonchev–Trinajstić information content (AvgIpc) is 3.28. The number of aromatic nitrogens is 1. The summed E-state index contributed by atoms with van der Waals surface area (Å²) < 4.78 is 31.5. The SMILES string of the molecule is COc1ccc2nc(N(C)C(=O)[C@@H](C)Oc3ccc(Oc4ccc(C#N)cc4F)cc3)sc2c1. The van der Waals surface area contributed by atoms with Crippen LogP contribution < -0.4 is 19.1 Å². The molecule has 34 heavy (non-hydrogen) atoms. The van der Waals surface area contributed by atoms with Crippen LogP contribution in [0.1, 0.15) is 12.5 Å². The number of fused-ring (bicyclic) bond motifs is 1. The summed E-state index contributed by atoms with van der Waals surface area (Å²) in [5.74, 6) is 0.683. The van der Waals surface area contributed by atoms with E-state index in [1.165, 1.54) is 28.4 Å². The quantitative estimate of drug-likeness (QED) is 0.348. The van der Waals surface area contributed by atoms with E-state index in [1.54, 1.807) is 45.3 Å². The van der Waals surface area contributed by atoms with E-state index in [-0.39, 0.29) is 17.2 Å². The third-order valence-electron chi connectivity index (χ3n) is 4.97. The molecular formula is C25H20FN3O4S. The van der Waals surface area contributed by atoms with E-state index in [1.807, 2.05) is 24.3 Å². The van der Waals surface area contributed by atoms with Gasteiger partial charge < -0.3 is 14.2 Å². The van der Waals surface area contributed by atoms with Gasteiger partial charge in [0.1, 0.15) is 17.2 Å². The largest absolute Gasteiger partial charge is 0.497 e. The molecule has 0 fully saturated rings. The van der Waals surface area contributed by atoms with Gasteiger partial charge in [-0.05, 0) is 67.6 Å². The van der Waals surface area contributed by atoms with E-state index in [2.05, 4.69) is 4.98 Å². The zero-order valence-corrected chi connectivity index (χ0v) is 19.4. The number of hydrogen-bond acceptors (Lipinski definition) is 7. The number of methoxy groups -OCH3 is 1. The fourth-order valence-corrected chi connectivity index (χ4v) is 4.11. The molecule has 0 bridgehead atoms. The molecule has 0 aliphatic rings. The molecule has 1 amide bonds. The van der Waals surface area contributed by atoms with E-state index in [0.29, 0.717) is 16.6 Å². The maximum absolute atomic E-state index is 14.0. The minimum atomic E-state index is -0.769. The summed E-state index contributed by atoms with van der Waals surface area (Å²) >= 11 is 1.39. The van der Waals surface area contributed by atoms with Crippen LogP contribution in [0.3, 0.4) is 0 Å². The third-order valence-corrected chi connectivity index (χ3v) is 6.07. The Kier molecular flexibility index (Phi) is 6.61. The zero-order chi connectivity index (χ0) is 24.2. The Balaban J connectivity index is 1.40. The lowest BCUT2D eigenvalue weighted by atomic mass is 10.2. The average molecular weight is 478 g/mol. The summed E-state index contributed by atoms with van der Waals surface area (Å²) in [5, 5.41) is 9.38. The fourth-order valence-electron chi connectivity index (χ4n) is 3.15. The van der Waals surface area contributed by atoms with Gasteiger partial charge in [-0.15, -0.1) is 0 Å². The van der Waals surface area contributed by atoms with Crippen molar-refractivity contribution in [1.29, 1.82) is 5.26 Å². The van der Waals surface area contributed by atoms with Gasteiger partial charge in [-0.25, -0.2) is 9.37 Å². The van der Waals surface area contributed by atoms with E-state index >= 15 is 0 Å². The Morgan fingerprint density at radius 2 is 1.79 bits per heavy atom. The van der Waals surface area contributed by atoms with Crippen molar-refractivity contribution < 1.29 is 23.4 Å². The first-order valence-corrected chi connectivity index (χ1v) is 11.1. The molecule has 7 nitrogen and oxygen atoms in total. The molecule has 0 aliphatic heterocycles. The van der Waals surface area contributed by atoms with Gasteiger partial charge in [0.15, 0.2) is 22.8 Å². The first-order valence-electron chi connectivity index (χ1n) is 10.2. The predicted molar refractivity (Wildman–Crippen MR) is 127 cm³/mol. The van der Waals surface area contributed by atoms with Crippen LogP contribution in [-0.2, 0) is 4.79 Å². The maximum Gasteiger partial charge on any atom is 0.269 e. The first kappa shape index (κ1) is 23.0. The molecule has 0 saturated heterocycles. The Morgan fingerprint density at radius 1 is 1.09 bits per heavy atom. The number of anilines is 1. The van der Waals surface area contributed by atoms with Gasteiger partial charge in [-0.2, -0.15) is 5.26 Å². The fraction of sp³-hybridized carbons (Fsp3) is 0.160. The van der Waals surface area contributed by atoms with Crippen molar-refractivity contribution in [2.75, 3.05) is 19.1 Å². The van der Waals surface area contributed by atoms with Gasteiger partial charge in [0.25, 0.3) is 5.91 Å². The highest BCUT2D eigenvalue weighted by atomic mass is 32.1. The highest BCUT2D eigenvalue weighted by molar-refractivity contribution is 7.22. The van der Waals surface area contributed by atoms with Crippen molar-refractivity contribution in [2.45, 2.75) is 13.0 Å². The lowest BCUT2D eigenvalue weighted by Crippen LogP contribution is -2.37. The molecule has 0 spiro atoms. The van der Waals surface area contributed by atoms with Gasteiger partial charge in [0, 0.05) is 7.05 Å². The van der Waals surface area contributed by atoms with Gasteiger partial charge in [0.2, 0.25) is 0 Å². The van der Waals surface area contributed by atoms with Gasteiger partial charge >= 0.3 is 0 Å². The molecule has 3 aromatic carbocycles. The Bertz CT molecular complexity index is 1380. The van der Waals surface area contributed by atoms with E-state index in [4.69, 9.17) is 19.5 Å². The van der Waals surface area contributed by atoms with Crippen LogP contribution in [0.2, 0.25) is 0 Å². The summed E-state index contributed by atoms with van der Waals surface area (Å²) in [6.45, 7) is 1.66. The summed E-state index contributed by atoms with van der Waals surface area (Å²) in [6, 6.07) is 17.9. The molecule has 0 radical (unpaired) electrons.